The van der Waals surface area contributed by atoms with E-state index in [1.54, 1.807) is 0 Å². The Kier molecular flexibility index (Phi) is 5.69. The summed E-state index contributed by atoms with van der Waals surface area (Å²) in [7, 11) is 0. The molecule has 3 rings (SSSR count). The molecular weight excluding hydrogens is 322 g/mol. The second-order valence-electron chi connectivity index (χ2n) is 6.12. The number of esters is 1. The lowest BCUT2D eigenvalue weighted by Crippen LogP contribution is -2.07. The minimum Gasteiger partial charge on any atom is -0.435 e. The molecule has 0 amide bonds. The first-order valence-corrected chi connectivity index (χ1v) is 8.84. The van der Waals surface area contributed by atoms with Gasteiger partial charge in [0.15, 0.2) is 0 Å². The van der Waals surface area contributed by atoms with Gasteiger partial charge >= 0.3 is 5.97 Å². The van der Waals surface area contributed by atoms with Gasteiger partial charge in [-0.25, -0.2) is 0 Å². The zero-order chi connectivity index (χ0) is 18.4. The number of hydrogen-bond acceptors (Lipinski definition) is 2. The Balaban J connectivity index is 1.96. The number of aryl methyl sites for hydroxylation is 1. The maximum absolute atomic E-state index is 11.0. The molecule has 0 atom stereocenters. The van der Waals surface area contributed by atoms with Crippen LogP contribution in [0.1, 0.15) is 30.8 Å². The van der Waals surface area contributed by atoms with Gasteiger partial charge in [0.1, 0.15) is 0 Å². The monoisotopic (exact) mass is 345 g/mol. The van der Waals surface area contributed by atoms with E-state index in [-0.39, 0.29) is 5.97 Å². The van der Waals surface area contributed by atoms with Crippen LogP contribution in [0.5, 0.6) is 0 Å². The lowest BCUT2D eigenvalue weighted by molar-refractivity contribution is -0.135. The van der Waals surface area contributed by atoms with E-state index in [0.717, 1.165) is 18.7 Å². The standard InChI is InChI=1S/C23H23NO2/c1-3-21-13-14-22(15-16-26-18(2)25)24(21)17-20-11-7-8-12-23(20)19-9-5-4-6-10-19/h4-16H,3,17H2,1-2H3/b16-15+. The zero-order valence-corrected chi connectivity index (χ0v) is 15.2. The van der Waals surface area contributed by atoms with Crippen molar-refractivity contribution in [1.29, 1.82) is 0 Å². The number of ether oxygens (including phenoxy) is 1. The lowest BCUT2D eigenvalue weighted by atomic mass is 9.99. The van der Waals surface area contributed by atoms with Crippen LogP contribution in [0, 0.1) is 0 Å². The van der Waals surface area contributed by atoms with Gasteiger partial charge in [-0.2, -0.15) is 0 Å². The summed E-state index contributed by atoms with van der Waals surface area (Å²) in [5.74, 6) is -0.315. The molecule has 0 aliphatic carbocycles. The van der Waals surface area contributed by atoms with Gasteiger partial charge in [0.05, 0.1) is 6.26 Å². The highest BCUT2D eigenvalue weighted by Crippen LogP contribution is 2.25. The Bertz CT molecular complexity index is 907. The van der Waals surface area contributed by atoms with E-state index in [9.17, 15) is 4.79 Å². The molecule has 1 aromatic heterocycles. The van der Waals surface area contributed by atoms with Crippen LogP contribution in [0.3, 0.4) is 0 Å². The fourth-order valence-electron chi connectivity index (χ4n) is 3.10. The fraction of sp³-hybridized carbons (Fsp3) is 0.174. The molecule has 0 unspecified atom stereocenters. The maximum Gasteiger partial charge on any atom is 0.307 e. The predicted molar refractivity (Wildman–Crippen MR) is 106 cm³/mol. The minimum atomic E-state index is -0.315. The molecule has 0 saturated heterocycles. The fourth-order valence-corrected chi connectivity index (χ4v) is 3.10. The first-order valence-electron chi connectivity index (χ1n) is 8.84. The van der Waals surface area contributed by atoms with E-state index in [1.807, 2.05) is 12.1 Å². The highest BCUT2D eigenvalue weighted by atomic mass is 16.5. The quantitative estimate of drug-likeness (QED) is 0.448. The smallest absolute Gasteiger partial charge is 0.307 e. The topological polar surface area (TPSA) is 31.2 Å². The summed E-state index contributed by atoms with van der Waals surface area (Å²) in [4.78, 5) is 11.0. The SMILES string of the molecule is CCc1ccc(/C=C/OC(C)=O)n1Cc1ccccc1-c1ccccc1. The zero-order valence-electron chi connectivity index (χ0n) is 15.2. The van der Waals surface area contributed by atoms with Crippen LogP contribution in [0.4, 0.5) is 0 Å². The van der Waals surface area contributed by atoms with Crippen LogP contribution in [-0.4, -0.2) is 10.5 Å². The molecule has 0 bridgehead atoms. The van der Waals surface area contributed by atoms with Crippen molar-refractivity contribution in [1.82, 2.24) is 4.57 Å². The van der Waals surface area contributed by atoms with Crippen LogP contribution >= 0.6 is 0 Å². The van der Waals surface area contributed by atoms with Gasteiger partial charge in [-0.1, -0.05) is 61.5 Å². The van der Waals surface area contributed by atoms with Gasteiger partial charge in [-0.15, -0.1) is 0 Å². The number of benzene rings is 2. The molecule has 0 spiro atoms. The molecule has 0 aliphatic rings. The number of carbonyl (C=O) groups is 1. The van der Waals surface area contributed by atoms with Gasteiger partial charge in [0.2, 0.25) is 0 Å². The molecule has 1 heterocycles. The number of aromatic nitrogens is 1. The predicted octanol–water partition coefficient (Wildman–Crippen LogP) is 5.30. The Morgan fingerprint density at radius 3 is 2.46 bits per heavy atom. The molecule has 0 aliphatic heterocycles. The van der Waals surface area contributed by atoms with Crippen molar-refractivity contribution < 1.29 is 9.53 Å². The van der Waals surface area contributed by atoms with Crippen LogP contribution < -0.4 is 0 Å². The lowest BCUT2D eigenvalue weighted by Gasteiger charge is -2.15. The summed E-state index contributed by atoms with van der Waals surface area (Å²) in [5.41, 5.74) is 5.97. The Labute approximate surface area is 154 Å². The van der Waals surface area contributed by atoms with Crippen molar-refractivity contribution in [2.45, 2.75) is 26.8 Å². The number of carbonyl (C=O) groups excluding carboxylic acids is 1. The molecule has 3 aromatic rings. The number of nitrogens with zero attached hydrogens (tertiary/aromatic N) is 1. The van der Waals surface area contributed by atoms with Crippen molar-refractivity contribution in [3.8, 4) is 11.1 Å². The van der Waals surface area contributed by atoms with Crippen LogP contribution in [-0.2, 0) is 22.5 Å². The van der Waals surface area contributed by atoms with Gasteiger partial charge in [-0.05, 0) is 41.3 Å². The molecule has 0 N–H and O–H groups in total. The van der Waals surface area contributed by atoms with Crippen molar-refractivity contribution in [2.75, 3.05) is 0 Å². The largest absolute Gasteiger partial charge is 0.435 e. The third kappa shape index (κ3) is 4.12. The van der Waals surface area contributed by atoms with E-state index < -0.39 is 0 Å². The maximum atomic E-state index is 11.0. The van der Waals surface area contributed by atoms with Gasteiger partial charge < -0.3 is 9.30 Å². The molecule has 0 radical (unpaired) electrons. The van der Waals surface area contributed by atoms with Crippen LogP contribution in [0.2, 0.25) is 0 Å². The number of hydrogen-bond donors (Lipinski definition) is 0. The first-order chi connectivity index (χ1) is 12.7. The van der Waals surface area contributed by atoms with Crippen LogP contribution in [0.25, 0.3) is 17.2 Å². The number of rotatable bonds is 6. The Morgan fingerprint density at radius 1 is 1.00 bits per heavy atom. The van der Waals surface area contributed by atoms with Gasteiger partial charge in [0.25, 0.3) is 0 Å². The van der Waals surface area contributed by atoms with Gasteiger partial charge in [-0.3, -0.25) is 4.79 Å². The van der Waals surface area contributed by atoms with E-state index in [4.69, 9.17) is 4.74 Å². The van der Waals surface area contributed by atoms with E-state index in [2.05, 4.69) is 72.2 Å². The second kappa shape index (κ2) is 8.34. The van der Waals surface area contributed by atoms with Crippen molar-refractivity contribution >= 4 is 12.0 Å². The van der Waals surface area contributed by atoms with Crippen molar-refractivity contribution in [2.24, 2.45) is 0 Å². The third-order valence-corrected chi connectivity index (χ3v) is 4.37. The summed E-state index contributed by atoms with van der Waals surface area (Å²) in [6.45, 7) is 4.31. The Hall–Kier alpha value is -3.07. The van der Waals surface area contributed by atoms with Gasteiger partial charge in [0, 0.05) is 24.9 Å². The molecule has 2 aromatic carbocycles. The summed E-state index contributed by atoms with van der Waals surface area (Å²) in [5, 5.41) is 0. The van der Waals surface area contributed by atoms with E-state index >= 15 is 0 Å². The average molecular weight is 345 g/mol. The minimum absolute atomic E-state index is 0.315. The van der Waals surface area contributed by atoms with Crippen molar-refractivity contribution in [3.63, 3.8) is 0 Å². The highest BCUT2D eigenvalue weighted by molar-refractivity contribution is 5.68. The molecule has 0 fully saturated rings. The summed E-state index contributed by atoms with van der Waals surface area (Å²) >= 11 is 0. The molecule has 132 valence electrons. The molecule has 3 nitrogen and oxygen atoms in total. The van der Waals surface area contributed by atoms with Crippen molar-refractivity contribution in [3.05, 3.63) is 89.9 Å². The molecule has 3 heteroatoms. The summed E-state index contributed by atoms with van der Waals surface area (Å²) in [6, 6.07) is 23.1. The third-order valence-electron chi connectivity index (χ3n) is 4.37. The summed E-state index contributed by atoms with van der Waals surface area (Å²) in [6.07, 6.45) is 4.23. The Morgan fingerprint density at radius 2 is 1.73 bits per heavy atom. The van der Waals surface area contributed by atoms with Crippen LogP contribution in [0.15, 0.2) is 73.0 Å². The van der Waals surface area contributed by atoms with E-state index in [0.29, 0.717) is 0 Å². The van der Waals surface area contributed by atoms with E-state index in [1.165, 1.54) is 35.6 Å². The second-order valence-corrected chi connectivity index (χ2v) is 6.12. The summed E-state index contributed by atoms with van der Waals surface area (Å²) < 4.78 is 7.22. The first kappa shape index (κ1) is 17.7. The molecular formula is C23H23NO2. The molecule has 26 heavy (non-hydrogen) atoms. The highest BCUT2D eigenvalue weighted by Gasteiger charge is 2.10. The average Bonchev–Trinajstić information content (AvgIpc) is 3.04. The normalized spacial score (nSPS) is 11.0. The molecule has 0 saturated carbocycles.